The van der Waals surface area contributed by atoms with Crippen molar-refractivity contribution in [3.63, 3.8) is 0 Å². The molecular weight excluding hydrogens is 569 g/mol. The molecule has 4 atom stereocenters. The summed E-state index contributed by atoms with van der Waals surface area (Å²) in [7, 11) is 2.02. The van der Waals surface area contributed by atoms with Gasteiger partial charge in [-0.2, -0.15) is 15.2 Å². The number of benzene rings is 2. The third-order valence-electron chi connectivity index (χ3n) is 9.76. The number of halogens is 3. The first-order valence-electron chi connectivity index (χ1n) is 15.2. The Labute approximate surface area is 253 Å². The molecule has 44 heavy (non-hydrogen) atoms. The summed E-state index contributed by atoms with van der Waals surface area (Å²) in [6.45, 7) is 4.74. The zero-order chi connectivity index (χ0) is 30.7. The molecule has 3 fully saturated rings. The van der Waals surface area contributed by atoms with Gasteiger partial charge >= 0.3 is 6.01 Å². The molecule has 8 nitrogen and oxygen atoms in total. The van der Waals surface area contributed by atoms with Crippen LogP contribution in [0.15, 0.2) is 36.7 Å². The Kier molecular flexibility index (Phi) is 7.20. The fraction of sp³-hybridized carbons (Fsp3) is 0.455. The summed E-state index contributed by atoms with van der Waals surface area (Å²) in [5, 5.41) is 9.62. The molecule has 3 heterocycles. The molecule has 0 spiro atoms. The lowest BCUT2D eigenvalue weighted by molar-refractivity contribution is -0.131. The molecule has 1 amide bonds. The minimum atomic E-state index is -1.11. The molecule has 0 bridgehead atoms. The van der Waals surface area contributed by atoms with Gasteiger partial charge in [0, 0.05) is 31.1 Å². The molecule has 2 aliphatic carbocycles. The summed E-state index contributed by atoms with van der Waals surface area (Å²) >= 11 is 0. The largest absolute Gasteiger partial charge is 0.462 e. The van der Waals surface area contributed by atoms with Crippen molar-refractivity contribution in [1.82, 2.24) is 19.8 Å². The second-order valence-corrected chi connectivity index (χ2v) is 12.4. The van der Waals surface area contributed by atoms with Crippen LogP contribution in [0.25, 0.3) is 22.0 Å². The van der Waals surface area contributed by atoms with E-state index in [0.717, 1.165) is 43.4 Å². The molecule has 228 valence electrons. The van der Waals surface area contributed by atoms with Crippen molar-refractivity contribution in [3.05, 3.63) is 59.4 Å². The number of hydrogen-bond acceptors (Lipinski definition) is 7. The number of likely N-dealkylation sites (N-methyl/N-ethyl adjacent to an activating group) is 1. The number of carbonyl (C=O) groups excluding carboxylic acids is 1. The molecule has 4 aliphatic rings. The molecule has 11 heteroatoms. The van der Waals surface area contributed by atoms with Crippen molar-refractivity contribution >= 4 is 22.6 Å². The van der Waals surface area contributed by atoms with Crippen molar-refractivity contribution in [2.24, 2.45) is 5.92 Å². The van der Waals surface area contributed by atoms with Gasteiger partial charge in [0.1, 0.15) is 23.8 Å². The first kappa shape index (κ1) is 28.6. The smallest absolute Gasteiger partial charge is 0.319 e. The van der Waals surface area contributed by atoms with Gasteiger partial charge < -0.3 is 19.4 Å². The van der Waals surface area contributed by atoms with Gasteiger partial charge in [-0.1, -0.05) is 24.8 Å². The Balaban J connectivity index is 1.32. The molecule has 0 unspecified atom stereocenters. The van der Waals surface area contributed by atoms with E-state index in [1.165, 1.54) is 11.0 Å². The summed E-state index contributed by atoms with van der Waals surface area (Å²) < 4.78 is 52.6. The Morgan fingerprint density at radius 2 is 2.05 bits per heavy atom. The summed E-state index contributed by atoms with van der Waals surface area (Å²) in [5.41, 5.74) is 2.57. The van der Waals surface area contributed by atoms with E-state index in [9.17, 15) is 14.4 Å². The SMILES string of the molecule is C=C(F)C(=O)N1CCN(c2nc(OC[C@@H]3CCCN3C)nc3c(F)c(-c4cccc5c4[C@@H]4C[C@@H]4C5)c(F)cc23)C[C@@H]1CC#N. The number of piperazine rings is 1. The van der Waals surface area contributed by atoms with E-state index in [-0.39, 0.29) is 60.4 Å². The number of likely N-dealkylation sites (tertiary alicyclic amines) is 1. The van der Waals surface area contributed by atoms with Crippen LogP contribution >= 0.6 is 0 Å². The fourth-order valence-electron chi connectivity index (χ4n) is 7.38. The molecular formula is C33H33F3N6O2. The number of nitrogens with zero attached hydrogens (tertiary/aromatic N) is 6. The molecule has 2 saturated heterocycles. The number of nitriles is 1. The van der Waals surface area contributed by atoms with E-state index in [1.54, 1.807) is 11.0 Å². The van der Waals surface area contributed by atoms with E-state index in [4.69, 9.17) is 4.74 Å². The van der Waals surface area contributed by atoms with E-state index in [2.05, 4.69) is 27.5 Å². The van der Waals surface area contributed by atoms with Gasteiger partial charge in [-0.15, -0.1) is 0 Å². The summed E-state index contributed by atoms with van der Waals surface area (Å²) in [6.07, 6.45) is 3.90. The highest BCUT2D eigenvalue weighted by Gasteiger charge is 2.46. The molecule has 1 aromatic heterocycles. The van der Waals surface area contributed by atoms with Crippen molar-refractivity contribution in [1.29, 1.82) is 5.26 Å². The van der Waals surface area contributed by atoms with Crippen LogP contribution in [0, 0.1) is 28.9 Å². The van der Waals surface area contributed by atoms with Gasteiger partial charge in [-0.05, 0) is 73.9 Å². The zero-order valence-electron chi connectivity index (χ0n) is 24.5. The predicted octanol–water partition coefficient (Wildman–Crippen LogP) is 5.12. The number of amides is 1. The summed E-state index contributed by atoms with van der Waals surface area (Å²) in [4.78, 5) is 26.8. The molecule has 2 aromatic carbocycles. The first-order valence-corrected chi connectivity index (χ1v) is 15.2. The topological polar surface area (TPSA) is 85.6 Å². The predicted molar refractivity (Wildman–Crippen MR) is 159 cm³/mol. The van der Waals surface area contributed by atoms with Gasteiger partial charge in [-0.25, -0.2) is 13.2 Å². The second-order valence-electron chi connectivity index (χ2n) is 12.4. The Bertz CT molecular complexity index is 1720. The van der Waals surface area contributed by atoms with Crippen LogP contribution in [-0.2, 0) is 11.2 Å². The molecule has 0 N–H and O–H groups in total. The van der Waals surface area contributed by atoms with Gasteiger partial charge in [0.15, 0.2) is 11.6 Å². The normalized spacial score (nSPS) is 24.2. The lowest BCUT2D eigenvalue weighted by Crippen LogP contribution is -2.55. The zero-order valence-corrected chi connectivity index (χ0v) is 24.5. The number of anilines is 1. The maximum atomic E-state index is 16.6. The van der Waals surface area contributed by atoms with E-state index in [1.807, 2.05) is 19.2 Å². The Hall–Kier alpha value is -4.17. The molecule has 2 aliphatic heterocycles. The van der Waals surface area contributed by atoms with Crippen LogP contribution in [-0.4, -0.2) is 77.6 Å². The highest BCUT2D eigenvalue weighted by molar-refractivity contribution is 5.95. The first-order chi connectivity index (χ1) is 21.2. The van der Waals surface area contributed by atoms with Crippen molar-refractivity contribution in [2.45, 2.75) is 50.1 Å². The maximum Gasteiger partial charge on any atom is 0.319 e. The highest BCUT2D eigenvalue weighted by atomic mass is 19.1. The minimum absolute atomic E-state index is 0.0303. The summed E-state index contributed by atoms with van der Waals surface area (Å²) in [5.74, 6) is -2.36. The highest BCUT2D eigenvalue weighted by Crippen LogP contribution is 2.59. The van der Waals surface area contributed by atoms with Crippen LogP contribution < -0.4 is 9.64 Å². The van der Waals surface area contributed by atoms with E-state index >= 15 is 8.78 Å². The number of rotatable bonds is 7. The van der Waals surface area contributed by atoms with Gasteiger partial charge in [-0.3, -0.25) is 4.79 Å². The van der Waals surface area contributed by atoms with Crippen LogP contribution in [0.5, 0.6) is 6.01 Å². The van der Waals surface area contributed by atoms with Gasteiger partial charge in [0.2, 0.25) is 0 Å². The average Bonchev–Trinajstić information content (AvgIpc) is 3.48. The lowest BCUT2D eigenvalue weighted by atomic mass is 9.93. The lowest BCUT2D eigenvalue weighted by Gasteiger charge is -2.41. The average molecular weight is 603 g/mol. The molecule has 1 saturated carbocycles. The maximum absolute atomic E-state index is 16.6. The molecule has 3 aromatic rings. The van der Waals surface area contributed by atoms with Crippen molar-refractivity contribution < 1.29 is 22.7 Å². The third kappa shape index (κ3) is 4.85. The molecule has 7 rings (SSSR count). The number of carbonyl (C=O) groups is 1. The number of hydrogen-bond donors (Lipinski definition) is 0. The van der Waals surface area contributed by atoms with Crippen LogP contribution in [0.1, 0.15) is 42.7 Å². The number of aromatic nitrogens is 2. The van der Waals surface area contributed by atoms with Gasteiger partial charge in [0.25, 0.3) is 5.91 Å². The molecule has 0 radical (unpaired) electrons. The standard InChI is InChI=1S/C33H33F3N6O2/c1-18(34)32(43)42-12-11-41(16-21(42)8-9-37)31-25-15-26(35)28(23-7-3-5-19-13-20-14-24(20)27(19)23)29(36)30(25)38-33(39-31)44-17-22-6-4-10-40(22)2/h3,5,7,15,20-22,24H,1,4,6,8,10-14,16-17H2,2H3/t20-,21-,22-,24+/m0/s1. The van der Waals surface area contributed by atoms with Crippen molar-refractivity contribution in [2.75, 3.05) is 44.7 Å². The number of ether oxygens (including phenoxy) is 1. The van der Waals surface area contributed by atoms with Crippen LogP contribution in [0.4, 0.5) is 19.0 Å². The minimum Gasteiger partial charge on any atom is -0.462 e. The Morgan fingerprint density at radius 3 is 2.80 bits per heavy atom. The van der Waals surface area contributed by atoms with Gasteiger partial charge in [0.05, 0.1) is 24.1 Å². The van der Waals surface area contributed by atoms with Crippen LogP contribution in [0.3, 0.4) is 0 Å². The number of fused-ring (bicyclic) bond motifs is 4. The Morgan fingerprint density at radius 1 is 1.20 bits per heavy atom. The van der Waals surface area contributed by atoms with Crippen molar-refractivity contribution in [3.8, 4) is 23.2 Å². The van der Waals surface area contributed by atoms with Crippen LogP contribution in [0.2, 0.25) is 0 Å². The van der Waals surface area contributed by atoms with E-state index < -0.39 is 29.4 Å². The quantitative estimate of drug-likeness (QED) is 0.347. The monoisotopic (exact) mass is 602 g/mol. The van der Waals surface area contributed by atoms with E-state index in [0.29, 0.717) is 24.0 Å². The fourth-order valence-corrected chi connectivity index (χ4v) is 7.38. The second kappa shape index (κ2) is 11.1. The third-order valence-corrected chi connectivity index (χ3v) is 9.76. The summed E-state index contributed by atoms with van der Waals surface area (Å²) in [6, 6.07) is 8.45.